The fourth-order valence-electron chi connectivity index (χ4n) is 0.732. The Labute approximate surface area is 55.8 Å². The van der Waals surface area contributed by atoms with E-state index in [2.05, 4.69) is 11.8 Å². The summed E-state index contributed by atoms with van der Waals surface area (Å²) in [6, 6.07) is 0. The van der Waals surface area contributed by atoms with Crippen LogP contribution in [0.2, 0.25) is 0 Å². The summed E-state index contributed by atoms with van der Waals surface area (Å²) >= 11 is 0. The molecule has 0 radical (unpaired) electrons. The summed E-state index contributed by atoms with van der Waals surface area (Å²) in [4.78, 5) is 4.22. The van der Waals surface area contributed by atoms with Crippen molar-refractivity contribution in [1.82, 2.24) is 0 Å². The predicted octanol–water partition coefficient (Wildman–Crippen LogP) is 0.631. The van der Waals surface area contributed by atoms with Crippen LogP contribution in [0, 0.1) is 5.92 Å². The SMILES string of the molecule is CCCC(C)C(O)ON. The highest BCUT2D eigenvalue weighted by Gasteiger charge is 2.11. The van der Waals surface area contributed by atoms with Gasteiger partial charge >= 0.3 is 0 Å². The van der Waals surface area contributed by atoms with Gasteiger partial charge in [0, 0.05) is 5.92 Å². The Hall–Kier alpha value is -0.120. The smallest absolute Gasteiger partial charge is 0.176 e. The number of hydrogen-bond acceptors (Lipinski definition) is 3. The molecule has 2 atom stereocenters. The second-order valence-corrected chi connectivity index (χ2v) is 2.29. The molecule has 0 rings (SSSR count). The normalized spacial score (nSPS) is 17.3. The molecule has 0 heterocycles. The van der Waals surface area contributed by atoms with Gasteiger partial charge in [-0.2, -0.15) is 0 Å². The second-order valence-electron chi connectivity index (χ2n) is 2.29. The number of hydrogen-bond donors (Lipinski definition) is 2. The van der Waals surface area contributed by atoms with E-state index in [0.717, 1.165) is 12.8 Å². The molecule has 0 fully saturated rings. The first-order chi connectivity index (χ1) is 4.22. The zero-order valence-corrected chi connectivity index (χ0v) is 6.00. The van der Waals surface area contributed by atoms with E-state index in [9.17, 15) is 0 Å². The monoisotopic (exact) mass is 133 g/mol. The largest absolute Gasteiger partial charge is 0.366 e. The minimum Gasteiger partial charge on any atom is -0.366 e. The molecule has 9 heavy (non-hydrogen) atoms. The standard InChI is InChI=1S/C6H15NO2/c1-3-4-5(2)6(8)9-7/h5-6,8H,3-4,7H2,1-2H3. The molecule has 0 saturated heterocycles. The maximum atomic E-state index is 8.91. The van der Waals surface area contributed by atoms with Crippen molar-refractivity contribution in [1.29, 1.82) is 0 Å². The molecule has 0 aliphatic carbocycles. The highest BCUT2D eigenvalue weighted by atomic mass is 16.7. The van der Waals surface area contributed by atoms with Crippen LogP contribution in [0.25, 0.3) is 0 Å². The van der Waals surface area contributed by atoms with Gasteiger partial charge in [-0.05, 0) is 6.42 Å². The minimum absolute atomic E-state index is 0.139. The molecule has 0 saturated carbocycles. The van der Waals surface area contributed by atoms with E-state index in [1.165, 1.54) is 0 Å². The van der Waals surface area contributed by atoms with Crippen LogP contribution < -0.4 is 5.90 Å². The van der Waals surface area contributed by atoms with E-state index in [0.29, 0.717) is 0 Å². The minimum atomic E-state index is -0.801. The predicted molar refractivity (Wildman–Crippen MR) is 35.4 cm³/mol. The van der Waals surface area contributed by atoms with E-state index in [1.54, 1.807) is 0 Å². The van der Waals surface area contributed by atoms with Crippen LogP contribution in [-0.4, -0.2) is 11.4 Å². The Balaban J connectivity index is 3.32. The fraction of sp³-hybridized carbons (Fsp3) is 1.00. The third-order valence-electron chi connectivity index (χ3n) is 1.37. The van der Waals surface area contributed by atoms with Crippen molar-refractivity contribution >= 4 is 0 Å². The maximum absolute atomic E-state index is 8.91. The van der Waals surface area contributed by atoms with Gasteiger partial charge in [-0.3, -0.25) is 4.84 Å². The highest BCUT2D eigenvalue weighted by Crippen LogP contribution is 2.09. The molecule has 3 heteroatoms. The van der Waals surface area contributed by atoms with E-state index in [1.807, 2.05) is 6.92 Å². The molecule has 56 valence electrons. The Kier molecular flexibility index (Phi) is 4.67. The summed E-state index contributed by atoms with van der Waals surface area (Å²) in [5, 5.41) is 8.91. The van der Waals surface area contributed by atoms with E-state index in [-0.39, 0.29) is 5.92 Å². The van der Waals surface area contributed by atoms with Crippen molar-refractivity contribution in [2.75, 3.05) is 0 Å². The lowest BCUT2D eigenvalue weighted by Crippen LogP contribution is -2.24. The van der Waals surface area contributed by atoms with Gasteiger partial charge in [0.15, 0.2) is 6.29 Å². The molecule has 0 aliphatic rings. The molecule has 0 aromatic rings. The number of rotatable bonds is 4. The van der Waals surface area contributed by atoms with Crippen molar-refractivity contribution in [3.05, 3.63) is 0 Å². The van der Waals surface area contributed by atoms with Gasteiger partial charge in [0.1, 0.15) is 0 Å². The summed E-state index contributed by atoms with van der Waals surface area (Å²) < 4.78 is 0. The van der Waals surface area contributed by atoms with Crippen LogP contribution in [0.15, 0.2) is 0 Å². The maximum Gasteiger partial charge on any atom is 0.176 e. The average Bonchev–Trinajstić information content (AvgIpc) is 1.87. The van der Waals surface area contributed by atoms with E-state index in [4.69, 9.17) is 11.0 Å². The van der Waals surface area contributed by atoms with E-state index >= 15 is 0 Å². The Morgan fingerprint density at radius 2 is 2.22 bits per heavy atom. The van der Waals surface area contributed by atoms with E-state index < -0.39 is 6.29 Å². The average molecular weight is 133 g/mol. The van der Waals surface area contributed by atoms with Gasteiger partial charge in [-0.15, -0.1) is 0 Å². The zero-order chi connectivity index (χ0) is 7.28. The summed E-state index contributed by atoms with van der Waals surface area (Å²) in [5.41, 5.74) is 0. The molecular formula is C6H15NO2. The first kappa shape index (κ1) is 8.88. The zero-order valence-electron chi connectivity index (χ0n) is 6.00. The summed E-state index contributed by atoms with van der Waals surface area (Å²) in [6.45, 7) is 3.96. The Morgan fingerprint density at radius 1 is 1.67 bits per heavy atom. The molecule has 0 amide bonds. The molecule has 3 nitrogen and oxygen atoms in total. The quantitative estimate of drug-likeness (QED) is 0.437. The molecule has 0 aromatic heterocycles. The fourth-order valence-corrected chi connectivity index (χ4v) is 0.732. The Bertz CT molecular complexity index is 68.1. The second kappa shape index (κ2) is 4.73. The number of aliphatic hydroxyl groups is 1. The van der Waals surface area contributed by atoms with Crippen LogP contribution in [0.4, 0.5) is 0 Å². The van der Waals surface area contributed by atoms with Gasteiger partial charge in [-0.25, -0.2) is 5.90 Å². The van der Waals surface area contributed by atoms with Crippen molar-refractivity contribution < 1.29 is 9.94 Å². The molecular weight excluding hydrogens is 118 g/mol. The molecule has 0 aliphatic heterocycles. The van der Waals surface area contributed by atoms with Crippen LogP contribution >= 0.6 is 0 Å². The molecule has 0 aromatic carbocycles. The molecule has 3 N–H and O–H groups in total. The van der Waals surface area contributed by atoms with Crippen LogP contribution in [0.5, 0.6) is 0 Å². The third-order valence-corrected chi connectivity index (χ3v) is 1.37. The summed E-state index contributed by atoms with van der Waals surface area (Å²) in [7, 11) is 0. The van der Waals surface area contributed by atoms with Gasteiger partial charge in [0.05, 0.1) is 0 Å². The number of aliphatic hydroxyl groups excluding tert-OH is 1. The Morgan fingerprint density at radius 3 is 2.56 bits per heavy atom. The van der Waals surface area contributed by atoms with Crippen molar-refractivity contribution in [3.8, 4) is 0 Å². The van der Waals surface area contributed by atoms with Crippen LogP contribution in [0.3, 0.4) is 0 Å². The highest BCUT2D eigenvalue weighted by molar-refractivity contribution is 4.52. The molecule has 0 bridgehead atoms. The van der Waals surface area contributed by atoms with Gasteiger partial charge in [-0.1, -0.05) is 20.3 Å². The van der Waals surface area contributed by atoms with Gasteiger partial charge in [0.2, 0.25) is 0 Å². The molecule has 0 spiro atoms. The number of nitrogens with two attached hydrogens (primary N) is 1. The first-order valence-electron chi connectivity index (χ1n) is 3.26. The lowest BCUT2D eigenvalue weighted by atomic mass is 10.1. The van der Waals surface area contributed by atoms with Gasteiger partial charge in [0.25, 0.3) is 0 Å². The van der Waals surface area contributed by atoms with Crippen LogP contribution in [0.1, 0.15) is 26.7 Å². The first-order valence-corrected chi connectivity index (χ1v) is 3.26. The summed E-state index contributed by atoms with van der Waals surface area (Å²) in [6.07, 6.45) is 1.19. The lowest BCUT2D eigenvalue weighted by molar-refractivity contribution is -0.134. The lowest BCUT2D eigenvalue weighted by Gasteiger charge is -2.14. The van der Waals surface area contributed by atoms with Crippen molar-refractivity contribution in [3.63, 3.8) is 0 Å². The van der Waals surface area contributed by atoms with Crippen molar-refractivity contribution in [2.45, 2.75) is 33.0 Å². The van der Waals surface area contributed by atoms with Crippen molar-refractivity contribution in [2.24, 2.45) is 11.8 Å². The van der Waals surface area contributed by atoms with Crippen LogP contribution in [-0.2, 0) is 4.84 Å². The molecule has 2 unspecified atom stereocenters. The topological polar surface area (TPSA) is 55.5 Å². The van der Waals surface area contributed by atoms with Gasteiger partial charge < -0.3 is 5.11 Å². The third kappa shape index (κ3) is 3.46. The summed E-state index contributed by atoms with van der Waals surface area (Å²) in [5.74, 6) is 4.89.